The molecule has 0 N–H and O–H groups in total. The monoisotopic (exact) mass is 467 g/mol. The molecule has 4 heterocycles. The first-order valence-electron chi connectivity index (χ1n) is 10.5. The largest absolute Gasteiger partial charge is 0.332 e. The average Bonchev–Trinajstić information content (AvgIpc) is 3.47. The molecule has 0 spiro atoms. The van der Waals surface area contributed by atoms with Gasteiger partial charge in [0, 0.05) is 30.7 Å². The van der Waals surface area contributed by atoms with Gasteiger partial charge in [-0.15, -0.1) is 21.5 Å². The molecule has 0 radical (unpaired) electrons. The highest BCUT2D eigenvalue weighted by molar-refractivity contribution is 7.17. The van der Waals surface area contributed by atoms with Crippen LogP contribution in [-0.2, 0) is 27.2 Å². The summed E-state index contributed by atoms with van der Waals surface area (Å²) >= 11 is 1.51. The van der Waals surface area contributed by atoms with Crippen LogP contribution in [0.3, 0.4) is 0 Å². The molecule has 0 aliphatic heterocycles. The number of halogens is 1. The summed E-state index contributed by atoms with van der Waals surface area (Å²) in [5.41, 5.74) is 0.776. The zero-order valence-corrected chi connectivity index (χ0v) is 19.4. The van der Waals surface area contributed by atoms with Crippen molar-refractivity contribution in [2.24, 2.45) is 20.0 Å². The van der Waals surface area contributed by atoms with Crippen LogP contribution in [0.15, 0.2) is 39.5 Å². The van der Waals surface area contributed by atoms with Crippen LogP contribution in [0, 0.1) is 11.7 Å². The van der Waals surface area contributed by atoms with Crippen LogP contribution in [0.5, 0.6) is 0 Å². The molecule has 0 amide bonds. The second kappa shape index (κ2) is 7.77. The van der Waals surface area contributed by atoms with Crippen molar-refractivity contribution < 1.29 is 4.39 Å². The van der Waals surface area contributed by atoms with Gasteiger partial charge in [-0.1, -0.05) is 13.8 Å². The molecule has 0 saturated carbocycles. The first-order chi connectivity index (χ1) is 15.8. The number of rotatable bonds is 5. The maximum absolute atomic E-state index is 14.0. The molecule has 4 aromatic heterocycles. The molecule has 1 aromatic carbocycles. The molecular weight excluding hydrogens is 445 g/mol. The quantitative estimate of drug-likeness (QED) is 0.396. The zero-order chi connectivity index (χ0) is 23.4. The van der Waals surface area contributed by atoms with Crippen molar-refractivity contribution in [1.29, 1.82) is 0 Å². The fraction of sp³-hybridized carbons (Fsp3) is 0.318. The Labute approximate surface area is 191 Å². The van der Waals surface area contributed by atoms with Gasteiger partial charge in [-0.05, 0) is 35.1 Å². The van der Waals surface area contributed by atoms with Gasteiger partial charge in [-0.25, -0.2) is 9.18 Å². The van der Waals surface area contributed by atoms with Gasteiger partial charge in [-0.2, -0.15) is 5.10 Å². The Morgan fingerprint density at radius 3 is 2.67 bits per heavy atom. The topological polar surface area (TPSA) is 92.5 Å². The molecule has 5 rings (SSSR count). The van der Waals surface area contributed by atoms with E-state index in [4.69, 9.17) is 5.10 Å². The minimum absolute atomic E-state index is 0.163. The fourth-order valence-corrected chi connectivity index (χ4v) is 5.00. The third-order valence-electron chi connectivity index (χ3n) is 5.63. The van der Waals surface area contributed by atoms with Gasteiger partial charge in [0.2, 0.25) is 0 Å². The summed E-state index contributed by atoms with van der Waals surface area (Å²) in [6, 6.07) is 4.68. The third-order valence-corrected chi connectivity index (χ3v) is 6.65. The normalized spacial score (nSPS) is 11.9. The van der Waals surface area contributed by atoms with E-state index in [2.05, 4.69) is 10.2 Å². The molecule has 0 bridgehead atoms. The van der Waals surface area contributed by atoms with Crippen LogP contribution in [0.1, 0.15) is 19.4 Å². The number of hydrogen-bond acceptors (Lipinski definition) is 6. The van der Waals surface area contributed by atoms with Crippen molar-refractivity contribution in [2.75, 3.05) is 0 Å². The first kappa shape index (κ1) is 21.3. The average molecular weight is 468 g/mol. The minimum atomic E-state index is -0.444. The van der Waals surface area contributed by atoms with E-state index in [-0.39, 0.29) is 18.3 Å². The predicted molar refractivity (Wildman–Crippen MR) is 125 cm³/mol. The maximum atomic E-state index is 14.0. The second-order valence-corrected chi connectivity index (χ2v) is 9.43. The lowest BCUT2D eigenvalue weighted by atomic mass is 10.1. The molecule has 5 aromatic rings. The minimum Gasteiger partial charge on any atom is -0.315 e. The number of thiophene rings is 1. The fourth-order valence-electron chi connectivity index (χ4n) is 4.07. The lowest BCUT2D eigenvalue weighted by molar-refractivity contribution is 0.498. The van der Waals surface area contributed by atoms with Crippen molar-refractivity contribution in [1.82, 2.24) is 33.7 Å². The zero-order valence-electron chi connectivity index (χ0n) is 18.6. The van der Waals surface area contributed by atoms with Crippen LogP contribution in [0.4, 0.5) is 4.39 Å². The van der Waals surface area contributed by atoms with E-state index in [1.807, 2.05) is 19.2 Å². The third kappa shape index (κ3) is 3.39. The summed E-state index contributed by atoms with van der Waals surface area (Å²) in [7, 11) is 3.25. The summed E-state index contributed by atoms with van der Waals surface area (Å²) in [6.07, 6.45) is 1.54. The van der Waals surface area contributed by atoms with Gasteiger partial charge < -0.3 is 4.57 Å². The first-order valence-corrected chi connectivity index (χ1v) is 11.3. The summed E-state index contributed by atoms with van der Waals surface area (Å²) < 4.78 is 20.9. The number of benzene rings is 1. The summed E-state index contributed by atoms with van der Waals surface area (Å²) in [5.74, 6) is 0.298. The van der Waals surface area contributed by atoms with Crippen molar-refractivity contribution in [3.8, 4) is 11.5 Å². The molecule has 0 unspecified atom stereocenters. The lowest BCUT2D eigenvalue weighted by Gasteiger charge is -2.10. The smallest absolute Gasteiger partial charge is 0.315 e. The Balaban J connectivity index is 1.84. The van der Waals surface area contributed by atoms with Gasteiger partial charge in [0.05, 0.1) is 6.54 Å². The number of aryl methyl sites for hydroxylation is 1. The summed E-state index contributed by atoms with van der Waals surface area (Å²) in [5, 5.41) is 16.0. The van der Waals surface area contributed by atoms with Crippen LogP contribution in [0.25, 0.3) is 32.6 Å². The molecular formula is C22H22FN7O2S. The molecule has 0 fully saturated rings. The van der Waals surface area contributed by atoms with Gasteiger partial charge in [0.1, 0.15) is 23.2 Å². The highest BCUT2D eigenvalue weighted by Crippen LogP contribution is 2.30. The molecule has 9 nitrogen and oxygen atoms in total. The Bertz CT molecular complexity index is 1640. The van der Waals surface area contributed by atoms with Crippen LogP contribution >= 0.6 is 11.3 Å². The van der Waals surface area contributed by atoms with E-state index in [1.54, 1.807) is 28.7 Å². The van der Waals surface area contributed by atoms with Gasteiger partial charge in [0.15, 0.2) is 11.5 Å². The van der Waals surface area contributed by atoms with Gasteiger partial charge in [-0.3, -0.25) is 18.6 Å². The lowest BCUT2D eigenvalue weighted by Crippen LogP contribution is -2.38. The number of fused-ring (bicyclic) bond motifs is 2. The number of aromatic nitrogens is 7. The van der Waals surface area contributed by atoms with E-state index in [9.17, 15) is 14.0 Å². The van der Waals surface area contributed by atoms with Crippen LogP contribution < -0.4 is 11.2 Å². The van der Waals surface area contributed by atoms with Crippen molar-refractivity contribution >= 4 is 32.5 Å². The predicted octanol–water partition coefficient (Wildman–Crippen LogP) is 2.75. The Kier molecular flexibility index (Phi) is 5.00. The Morgan fingerprint density at radius 2 is 1.97 bits per heavy atom. The van der Waals surface area contributed by atoms with E-state index in [0.29, 0.717) is 29.1 Å². The summed E-state index contributed by atoms with van der Waals surface area (Å²) in [4.78, 5) is 26.2. The molecule has 11 heteroatoms. The van der Waals surface area contributed by atoms with Crippen LogP contribution in [-0.4, -0.2) is 33.7 Å². The van der Waals surface area contributed by atoms with Crippen molar-refractivity contribution in [2.45, 2.75) is 26.9 Å². The molecule has 33 heavy (non-hydrogen) atoms. The second-order valence-electron chi connectivity index (χ2n) is 8.52. The van der Waals surface area contributed by atoms with Crippen molar-refractivity contribution in [3.63, 3.8) is 0 Å². The van der Waals surface area contributed by atoms with Crippen LogP contribution in [0.2, 0.25) is 0 Å². The molecule has 0 aliphatic carbocycles. The van der Waals surface area contributed by atoms with E-state index < -0.39 is 11.2 Å². The standard InChI is InChI=1S/C22H22FN7O2S/c1-12(2)8-29-19-17(21(31)28(4)22(29)32)18(20-25-24-11-27(20)3)30(26-19)9-13-10-33-16-6-5-14(23)7-15(13)16/h5-7,10-12H,8-9H2,1-4H3. The summed E-state index contributed by atoms with van der Waals surface area (Å²) in [6.45, 7) is 4.68. The molecule has 0 saturated heterocycles. The number of hydrogen-bond donors (Lipinski definition) is 0. The van der Waals surface area contributed by atoms with E-state index in [1.165, 1.54) is 35.1 Å². The Morgan fingerprint density at radius 1 is 1.18 bits per heavy atom. The van der Waals surface area contributed by atoms with Crippen molar-refractivity contribution in [3.05, 3.63) is 62.1 Å². The highest BCUT2D eigenvalue weighted by atomic mass is 32.1. The SMILES string of the molecule is CC(C)Cn1c(=O)n(C)c(=O)c2c(-c3nncn3C)n(Cc3csc4ccc(F)cc34)nc21. The van der Waals surface area contributed by atoms with Gasteiger partial charge >= 0.3 is 5.69 Å². The van der Waals surface area contributed by atoms with E-state index >= 15 is 0 Å². The number of nitrogens with zero attached hydrogens (tertiary/aromatic N) is 7. The molecule has 170 valence electrons. The maximum Gasteiger partial charge on any atom is 0.332 e. The highest BCUT2D eigenvalue weighted by Gasteiger charge is 2.25. The molecule has 0 aliphatic rings. The van der Waals surface area contributed by atoms with E-state index in [0.717, 1.165) is 20.2 Å². The Hall–Kier alpha value is -3.60. The van der Waals surface area contributed by atoms with Gasteiger partial charge in [0.25, 0.3) is 5.56 Å². The molecule has 0 atom stereocenters.